The highest BCUT2D eigenvalue weighted by Crippen LogP contribution is 2.37. The maximum atomic E-state index is 11.9. The summed E-state index contributed by atoms with van der Waals surface area (Å²) in [5, 5.41) is 13.4. The summed E-state index contributed by atoms with van der Waals surface area (Å²) in [6, 6.07) is 8.16. The molecule has 0 fully saturated rings. The van der Waals surface area contributed by atoms with Gasteiger partial charge in [0.2, 0.25) is 0 Å². The van der Waals surface area contributed by atoms with Gasteiger partial charge in [-0.2, -0.15) is 5.10 Å². The molecule has 0 aliphatic rings. The molecule has 0 aromatic heterocycles. The number of halogens is 2. The maximum absolute atomic E-state index is 11.9. The molecule has 0 aliphatic heterocycles. The lowest BCUT2D eigenvalue weighted by Crippen LogP contribution is -2.24. The molecule has 2 aromatic rings. The second kappa shape index (κ2) is 9.44. The standard InChI is InChI=1S/C17H16Br2N2O5/c1-24-11-6-12(18)17(13(19)7-11)26-9-16(23)21-20-8-10-3-4-14(22)15(5-10)25-2/h3-8,22H,9H2,1-2H3,(H,21,23)/b20-8-. The van der Waals surface area contributed by atoms with E-state index in [0.29, 0.717) is 31.8 Å². The molecule has 2 rings (SSSR count). The van der Waals surface area contributed by atoms with Gasteiger partial charge in [0, 0.05) is 0 Å². The Balaban J connectivity index is 1.91. The van der Waals surface area contributed by atoms with Crippen molar-refractivity contribution in [2.45, 2.75) is 0 Å². The summed E-state index contributed by atoms with van der Waals surface area (Å²) in [7, 11) is 3.01. The quantitative estimate of drug-likeness (QED) is 0.461. The van der Waals surface area contributed by atoms with Crippen LogP contribution in [-0.4, -0.2) is 38.1 Å². The van der Waals surface area contributed by atoms with Crippen molar-refractivity contribution in [1.29, 1.82) is 0 Å². The number of aromatic hydroxyl groups is 1. The molecule has 0 saturated heterocycles. The zero-order valence-corrected chi connectivity index (χ0v) is 17.1. The fourth-order valence-corrected chi connectivity index (χ4v) is 3.29. The van der Waals surface area contributed by atoms with E-state index in [4.69, 9.17) is 14.2 Å². The van der Waals surface area contributed by atoms with Crippen molar-refractivity contribution in [2.75, 3.05) is 20.8 Å². The molecule has 138 valence electrons. The Morgan fingerprint density at radius 1 is 1.19 bits per heavy atom. The van der Waals surface area contributed by atoms with Gasteiger partial charge in [-0.1, -0.05) is 0 Å². The Bertz CT molecular complexity index is 804. The fourth-order valence-electron chi connectivity index (χ4n) is 1.92. The molecule has 2 aromatic carbocycles. The Kier molecular flexibility index (Phi) is 7.28. The van der Waals surface area contributed by atoms with E-state index in [1.54, 1.807) is 31.4 Å². The molecule has 0 heterocycles. The normalized spacial score (nSPS) is 10.6. The fraction of sp³-hybridized carbons (Fsp3) is 0.176. The van der Waals surface area contributed by atoms with Gasteiger partial charge in [-0.3, -0.25) is 4.79 Å². The van der Waals surface area contributed by atoms with Gasteiger partial charge in [-0.15, -0.1) is 0 Å². The predicted molar refractivity (Wildman–Crippen MR) is 104 cm³/mol. The molecule has 1 amide bonds. The van der Waals surface area contributed by atoms with Crippen LogP contribution in [0.15, 0.2) is 44.4 Å². The second-order valence-corrected chi connectivity index (χ2v) is 6.64. The number of hydrogen-bond acceptors (Lipinski definition) is 6. The number of hydrogen-bond donors (Lipinski definition) is 2. The molecule has 9 heteroatoms. The Morgan fingerprint density at radius 2 is 1.88 bits per heavy atom. The van der Waals surface area contributed by atoms with E-state index in [2.05, 4.69) is 42.4 Å². The van der Waals surface area contributed by atoms with Crippen LogP contribution in [0.25, 0.3) is 0 Å². The number of carbonyl (C=O) groups is 1. The third-order valence-corrected chi connectivity index (χ3v) is 4.34. The summed E-state index contributed by atoms with van der Waals surface area (Å²) in [4.78, 5) is 11.9. The van der Waals surface area contributed by atoms with Crippen molar-refractivity contribution >= 4 is 44.0 Å². The van der Waals surface area contributed by atoms with Crippen LogP contribution in [0, 0.1) is 0 Å². The number of ether oxygens (including phenoxy) is 3. The van der Waals surface area contributed by atoms with E-state index >= 15 is 0 Å². The lowest BCUT2D eigenvalue weighted by Gasteiger charge is -2.11. The van der Waals surface area contributed by atoms with Crippen LogP contribution in [0.5, 0.6) is 23.0 Å². The number of nitrogens with zero attached hydrogens (tertiary/aromatic N) is 1. The number of nitrogens with one attached hydrogen (secondary N) is 1. The number of hydrazone groups is 1. The van der Waals surface area contributed by atoms with E-state index < -0.39 is 5.91 Å². The largest absolute Gasteiger partial charge is 0.504 e. The van der Waals surface area contributed by atoms with Crippen LogP contribution < -0.4 is 19.6 Å². The Labute approximate surface area is 167 Å². The molecule has 0 unspecified atom stereocenters. The molecule has 0 saturated carbocycles. The van der Waals surface area contributed by atoms with Gasteiger partial charge in [0.15, 0.2) is 18.1 Å². The zero-order valence-electron chi connectivity index (χ0n) is 14.0. The van der Waals surface area contributed by atoms with Gasteiger partial charge in [-0.25, -0.2) is 5.43 Å². The summed E-state index contributed by atoms with van der Waals surface area (Å²) in [5.41, 5.74) is 3.02. The predicted octanol–water partition coefficient (Wildman–Crippen LogP) is 3.46. The number of benzene rings is 2. The molecule has 2 N–H and O–H groups in total. The van der Waals surface area contributed by atoms with E-state index in [9.17, 15) is 9.90 Å². The van der Waals surface area contributed by atoms with E-state index in [1.165, 1.54) is 19.4 Å². The van der Waals surface area contributed by atoms with Crippen LogP contribution in [0.1, 0.15) is 5.56 Å². The summed E-state index contributed by atoms with van der Waals surface area (Å²) in [5.74, 6) is 1.04. The van der Waals surface area contributed by atoms with Crippen LogP contribution in [-0.2, 0) is 4.79 Å². The average Bonchev–Trinajstić information content (AvgIpc) is 2.62. The average molecular weight is 488 g/mol. The van der Waals surface area contributed by atoms with Gasteiger partial charge < -0.3 is 19.3 Å². The topological polar surface area (TPSA) is 89.4 Å². The minimum absolute atomic E-state index is 0.0257. The highest BCUT2D eigenvalue weighted by atomic mass is 79.9. The first-order chi connectivity index (χ1) is 12.4. The number of rotatable bonds is 7. The smallest absolute Gasteiger partial charge is 0.277 e. The van der Waals surface area contributed by atoms with Crippen molar-refractivity contribution in [1.82, 2.24) is 5.43 Å². The van der Waals surface area contributed by atoms with Gasteiger partial charge in [-0.05, 0) is 67.8 Å². The lowest BCUT2D eigenvalue weighted by atomic mass is 10.2. The molecule has 0 radical (unpaired) electrons. The highest BCUT2D eigenvalue weighted by Gasteiger charge is 2.11. The van der Waals surface area contributed by atoms with Crippen LogP contribution in [0.2, 0.25) is 0 Å². The second-order valence-electron chi connectivity index (χ2n) is 4.93. The third kappa shape index (κ3) is 5.37. The Morgan fingerprint density at radius 3 is 2.50 bits per heavy atom. The van der Waals surface area contributed by atoms with Crippen LogP contribution in [0.3, 0.4) is 0 Å². The van der Waals surface area contributed by atoms with Gasteiger partial charge >= 0.3 is 0 Å². The molecule has 26 heavy (non-hydrogen) atoms. The molecule has 0 spiro atoms. The summed E-state index contributed by atoms with van der Waals surface area (Å²) in [6.45, 7) is -0.222. The van der Waals surface area contributed by atoms with Gasteiger partial charge in [0.05, 0.1) is 29.4 Å². The maximum Gasteiger partial charge on any atom is 0.277 e. The third-order valence-electron chi connectivity index (χ3n) is 3.16. The van der Waals surface area contributed by atoms with Crippen molar-refractivity contribution in [2.24, 2.45) is 5.10 Å². The minimum atomic E-state index is -0.429. The van der Waals surface area contributed by atoms with Crippen LogP contribution >= 0.6 is 31.9 Å². The number of phenolic OH excluding ortho intramolecular Hbond substituents is 1. The van der Waals surface area contributed by atoms with Crippen LogP contribution in [0.4, 0.5) is 0 Å². The first-order valence-corrected chi connectivity index (χ1v) is 8.88. The Hall–Kier alpha value is -2.26. The molecular weight excluding hydrogens is 472 g/mol. The molecule has 0 bridgehead atoms. The monoisotopic (exact) mass is 486 g/mol. The van der Waals surface area contributed by atoms with Crippen molar-refractivity contribution < 1.29 is 24.1 Å². The number of methoxy groups -OCH3 is 2. The van der Waals surface area contributed by atoms with Crippen molar-refractivity contribution in [3.63, 3.8) is 0 Å². The summed E-state index contributed by atoms with van der Waals surface area (Å²) in [6.07, 6.45) is 1.43. The van der Waals surface area contributed by atoms with Gasteiger partial charge in [0.1, 0.15) is 11.5 Å². The number of amides is 1. The van der Waals surface area contributed by atoms with E-state index in [0.717, 1.165) is 0 Å². The van der Waals surface area contributed by atoms with Gasteiger partial charge in [0.25, 0.3) is 5.91 Å². The molecule has 0 atom stereocenters. The molecule has 0 aliphatic carbocycles. The summed E-state index contributed by atoms with van der Waals surface area (Å²) < 4.78 is 16.9. The highest BCUT2D eigenvalue weighted by molar-refractivity contribution is 9.11. The molecule has 7 nitrogen and oxygen atoms in total. The summed E-state index contributed by atoms with van der Waals surface area (Å²) >= 11 is 6.73. The van der Waals surface area contributed by atoms with Crippen molar-refractivity contribution in [3.8, 4) is 23.0 Å². The first-order valence-electron chi connectivity index (χ1n) is 7.29. The lowest BCUT2D eigenvalue weighted by molar-refractivity contribution is -0.123. The van der Waals surface area contributed by atoms with E-state index in [1.807, 2.05) is 0 Å². The van der Waals surface area contributed by atoms with Crippen molar-refractivity contribution in [3.05, 3.63) is 44.8 Å². The minimum Gasteiger partial charge on any atom is -0.504 e. The number of phenols is 1. The van der Waals surface area contributed by atoms with E-state index in [-0.39, 0.29) is 12.4 Å². The first kappa shape index (κ1) is 20.1. The zero-order chi connectivity index (χ0) is 19.1. The number of carbonyl (C=O) groups excluding carboxylic acids is 1. The SMILES string of the molecule is COc1cc(Br)c(OCC(=O)N/N=C\c2ccc(O)c(OC)c2)c(Br)c1. The molecular formula is C17H16Br2N2O5.